The van der Waals surface area contributed by atoms with Crippen LogP contribution in [0, 0.1) is 5.41 Å². The summed E-state index contributed by atoms with van der Waals surface area (Å²) >= 11 is 0. The summed E-state index contributed by atoms with van der Waals surface area (Å²) in [6.45, 7) is 11.4. The third-order valence-electron chi connectivity index (χ3n) is 7.28. The quantitative estimate of drug-likeness (QED) is 0.691. The number of hydrogen-bond acceptors (Lipinski definition) is 4. The molecule has 0 radical (unpaired) electrons. The van der Waals surface area contributed by atoms with E-state index in [1.165, 1.54) is 44.3 Å². The Balaban J connectivity index is 1.22. The van der Waals surface area contributed by atoms with Crippen LogP contribution in [0.5, 0.6) is 0 Å². The van der Waals surface area contributed by atoms with E-state index in [0.29, 0.717) is 12.0 Å². The van der Waals surface area contributed by atoms with E-state index in [2.05, 4.69) is 29.2 Å². The predicted octanol–water partition coefficient (Wildman–Crippen LogP) is 4.85. The molecule has 0 unspecified atom stereocenters. The maximum absolute atomic E-state index is 12.4. The second-order valence-electron chi connectivity index (χ2n) is 10.7. The van der Waals surface area contributed by atoms with Gasteiger partial charge in [-0.3, -0.25) is 4.90 Å². The highest BCUT2D eigenvalue weighted by atomic mass is 16.6. The van der Waals surface area contributed by atoms with Gasteiger partial charge in [-0.15, -0.1) is 0 Å². The molecule has 166 valence electrons. The summed E-state index contributed by atoms with van der Waals surface area (Å²) in [4.78, 5) is 17.0. The molecule has 2 saturated heterocycles. The van der Waals surface area contributed by atoms with E-state index in [-0.39, 0.29) is 11.6 Å². The Hall–Kier alpha value is -1.59. The number of rotatable bonds is 5. The molecule has 0 atom stereocenters. The first-order chi connectivity index (χ1) is 14.3. The van der Waals surface area contributed by atoms with Crippen LogP contribution in [0.3, 0.4) is 0 Å². The van der Waals surface area contributed by atoms with Gasteiger partial charge in [-0.2, -0.15) is 0 Å². The van der Waals surface area contributed by atoms with E-state index in [4.69, 9.17) is 9.47 Å². The second kappa shape index (κ2) is 8.51. The van der Waals surface area contributed by atoms with Gasteiger partial charge in [0.15, 0.2) is 0 Å². The molecular weight excluding hydrogens is 376 g/mol. The van der Waals surface area contributed by atoms with E-state index in [1.807, 2.05) is 31.7 Å². The Labute approximate surface area is 181 Å². The van der Waals surface area contributed by atoms with Crippen molar-refractivity contribution in [2.45, 2.75) is 77.0 Å². The lowest BCUT2D eigenvalue weighted by Gasteiger charge is -2.48. The van der Waals surface area contributed by atoms with E-state index in [1.54, 1.807) is 0 Å². The Morgan fingerprint density at radius 1 is 0.933 bits per heavy atom. The van der Waals surface area contributed by atoms with Crippen LogP contribution in [-0.2, 0) is 16.1 Å². The van der Waals surface area contributed by atoms with Crippen LogP contribution in [-0.4, -0.2) is 59.8 Å². The molecule has 1 saturated carbocycles. The van der Waals surface area contributed by atoms with Gasteiger partial charge in [-0.25, -0.2) is 4.79 Å². The molecule has 5 nitrogen and oxygen atoms in total. The Morgan fingerprint density at radius 2 is 1.53 bits per heavy atom. The summed E-state index contributed by atoms with van der Waals surface area (Å²) in [6, 6.07) is 10.5. The zero-order chi connectivity index (χ0) is 21.2. The summed E-state index contributed by atoms with van der Waals surface area (Å²) in [5.74, 6) is 0. The first kappa shape index (κ1) is 21.6. The van der Waals surface area contributed by atoms with Gasteiger partial charge in [-0.05, 0) is 83.4 Å². The molecular formula is C25H38N2O3. The molecule has 0 bridgehead atoms. The van der Waals surface area contributed by atoms with E-state index < -0.39 is 5.60 Å². The van der Waals surface area contributed by atoms with Gasteiger partial charge in [0.2, 0.25) is 0 Å². The largest absolute Gasteiger partial charge is 0.444 e. The highest BCUT2D eigenvalue weighted by Crippen LogP contribution is 2.48. The van der Waals surface area contributed by atoms with Gasteiger partial charge in [0.05, 0.1) is 13.2 Å². The summed E-state index contributed by atoms with van der Waals surface area (Å²) < 4.78 is 11.7. The van der Waals surface area contributed by atoms with Crippen molar-refractivity contribution < 1.29 is 14.3 Å². The number of likely N-dealkylation sites (tertiary alicyclic amines) is 2. The third kappa shape index (κ3) is 5.17. The van der Waals surface area contributed by atoms with E-state index in [9.17, 15) is 4.79 Å². The van der Waals surface area contributed by atoms with Crippen molar-refractivity contribution in [3.05, 3.63) is 35.9 Å². The lowest BCUT2D eigenvalue weighted by Crippen LogP contribution is -2.52. The van der Waals surface area contributed by atoms with Gasteiger partial charge in [-0.1, -0.05) is 30.3 Å². The van der Waals surface area contributed by atoms with Gasteiger partial charge in [0.25, 0.3) is 0 Å². The van der Waals surface area contributed by atoms with E-state index in [0.717, 1.165) is 32.5 Å². The number of ether oxygens (including phenoxy) is 2. The van der Waals surface area contributed by atoms with Crippen molar-refractivity contribution in [1.29, 1.82) is 0 Å². The lowest BCUT2D eigenvalue weighted by atomic mass is 9.71. The molecule has 1 aliphatic carbocycles. The molecule has 30 heavy (non-hydrogen) atoms. The number of carbonyl (C=O) groups is 1. The van der Waals surface area contributed by atoms with Crippen LogP contribution in [0.2, 0.25) is 0 Å². The molecule has 2 aliphatic heterocycles. The number of nitrogens with zero attached hydrogens (tertiary/aromatic N) is 2. The van der Waals surface area contributed by atoms with Crippen molar-refractivity contribution in [1.82, 2.24) is 9.80 Å². The van der Waals surface area contributed by atoms with Crippen molar-refractivity contribution in [2.24, 2.45) is 5.41 Å². The zero-order valence-corrected chi connectivity index (χ0v) is 19.0. The summed E-state index contributed by atoms with van der Waals surface area (Å²) in [5, 5.41) is 0. The van der Waals surface area contributed by atoms with Crippen molar-refractivity contribution in [2.75, 3.05) is 32.8 Å². The summed E-state index contributed by atoms with van der Waals surface area (Å²) in [6.07, 6.45) is 7.09. The third-order valence-corrected chi connectivity index (χ3v) is 7.28. The SMILES string of the molecule is CC(C)(C)OC(=O)N1CCC2(CC1)CCN(C1(COCc3ccccc3)CC1)CC2. The minimum atomic E-state index is -0.418. The smallest absolute Gasteiger partial charge is 0.410 e. The van der Waals surface area contributed by atoms with Crippen LogP contribution in [0.25, 0.3) is 0 Å². The summed E-state index contributed by atoms with van der Waals surface area (Å²) in [7, 11) is 0. The molecule has 1 amide bonds. The first-order valence-corrected chi connectivity index (χ1v) is 11.6. The molecule has 2 heterocycles. The monoisotopic (exact) mass is 414 g/mol. The van der Waals surface area contributed by atoms with Crippen LogP contribution < -0.4 is 0 Å². The highest BCUT2D eigenvalue weighted by molar-refractivity contribution is 5.68. The number of piperidine rings is 2. The number of amides is 1. The fourth-order valence-corrected chi connectivity index (χ4v) is 5.07. The first-order valence-electron chi connectivity index (χ1n) is 11.6. The minimum Gasteiger partial charge on any atom is -0.444 e. The molecule has 1 spiro atoms. The minimum absolute atomic E-state index is 0.151. The fourth-order valence-electron chi connectivity index (χ4n) is 5.07. The predicted molar refractivity (Wildman–Crippen MR) is 118 cm³/mol. The van der Waals surface area contributed by atoms with Crippen molar-refractivity contribution in [3.63, 3.8) is 0 Å². The molecule has 4 rings (SSSR count). The maximum Gasteiger partial charge on any atom is 0.410 e. The number of benzene rings is 1. The maximum atomic E-state index is 12.4. The zero-order valence-electron chi connectivity index (χ0n) is 19.0. The molecule has 3 aliphatic rings. The molecule has 0 N–H and O–H groups in total. The topological polar surface area (TPSA) is 42.0 Å². The normalized spacial score (nSPS) is 23.4. The molecule has 3 fully saturated rings. The van der Waals surface area contributed by atoms with E-state index >= 15 is 0 Å². The molecule has 1 aromatic rings. The molecule has 1 aromatic carbocycles. The van der Waals surface area contributed by atoms with Crippen molar-refractivity contribution >= 4 is 6.09 Å². The number of hydrogen-bond donors (Lipinski definition) is 0. The van der Waals surface area contributed by atoms with Gasteiger partial charge < -0.3 is 14.4 Å². The van der Waals surface area contributed by atoms with Gasteiger partial charge in [0, 0.05) is 18.6 Å². The Kier molecular flexibility index (Phi) is 6.13. The molecule has 0 aromatic heterocycles. The molecule has 5 heteroatoms. The van der Waals surface area contributed by atoms with Crippen LogP contribution in [0.4, 0.5) is 4.79 Å². The van der Waals surface area contributed by atoms with Crippen LogP contribution in [0.15, 0.2) is 30.3 Å². The Bertz CT molecular complexity index is 706. The summed E-state index contributed by atoms with van der Waals surface area (Å²) in [5.41, 5.74) is 1.53. The lowest BCUT2D eigenvalue weighted by molar-refractivity contribution is -0.0235. The fraction of sp³-hybridized carbons (Fsp3) is 0.720. The Morgan fingerprint density at radius 3 is 2.10 bits per heavy atom. The highest BCUT2D eigenvalue weighted by Gasteiger charge is 2.51. The van der Waals surface area contributed by atoms with Crippen LogP contribution >= 0.6 is 0 Å². The van der Waals surface area contributed by atoms with Crippen molar-refractivity contribution in [3.8, 4) is 0 Å². The van der Waals surface area contributed by atoms with Gasteiger partial charge in [0.1, 0.15) is 5.60 Å². The average Bonchev–Trinajstić information content (AvgIpc) is 3.49. The average molecular weight is 415 g/mol. The van der Waals surface area contributed by atoms with Crippen LogP contribution in [0.1, 0.15) is 64.9 Å². The van der Waals surface area contributed by atoms with Gasteiger partial charge >= 0.3 is 6.09 Å². The second-order valence-corrected chi connectivity index (χ2v) is 10.7. The number of carbonyl (C=O) groups excluding carboxylic acids is 1. The standard InChI is InChI=1S/C25H38N2O3/c1-23(2,3)30-22(28)26-15-11-24(12-16-26)13-17-27(18-14-24)25(9-10-25)20-29-19-21-7-5-4-6-8-21/h4-8H,9-20H2,1-3H3.